The summed E-state index contributed by atoms with van der Waals surface area (Å²) < 4.78 is 32.1. The molecular weight excluding hydrogens is 572 g/mol. The normalized spacial score (nSPS) is 16.2. The van der Waals surface area contributed by atoms with Gasteiger partial charge >= 0.3 is 0 Å². The Kier molecular flexibility index (Phi) is 8.95. The van der Waals surface area contributed by atoms with E-state index in [2.05, 4.69) is 9.88 Å². The van der Waals surface area contributed by atoms with Crippen molar-refractivity contribution in [2.24, 2.45) is 0 Å². The number of hydrogen-bond donors (Lipinski definition) is 1. The predicted molar refractivity (Wildman–Crippen MR) is 172 cm³/mol. The predicted octanol–water partition coefficient (Wildman–Crippen LogP) is 5.58. The van der Waals surface area contributed by atoms with Crippen LogP contribution in [-0.4, -0.2) is 61.3 Å². The molecule has 8 nitrogen and oxygen atoms in total. The van der Waals surface area contributed by atoms with Crippen molar-refractivity contribution in [1.82, 2.24) is 14.8 Å². The van der Waals surface area contributed by atoms with Gasteiger partial charge in [-0.15, -0.1) is 0 Å². The largest absolute Gasteiger partial charge is 0.485 e. The number of carbonyl (C=O) groups is 1. The summed E-state index contributed by atoms with van der Waals surface area (Å²) in [6, 6.07) is 25.8. The van der Waals surface area contributed by atoms with Gasteiger partial charge in [0.2, 0.25) is 0 Å². The first-order valence-electron chi connectivity index (χ1n) is 15.2. The zero-order valence-corrected chi connectivity index (χ0v) is 25.6. The molecule has 2 saturated heterocycles. The van der Waals surface area contributed by atoms with E-state index in [1.165, 1.54) is 25.9 Å². The lowest BCUT2D eigenvalue weighted by Crippen LogP contribution is -2.45. The molecule has 0 atom stereocenters. The van der Waals surface area contributed by atoms with Crippen LogP contribution < -0.4 is 10.5 Å². The number of nitrogen functional groups attached to an aromatic ring is 1. The molecule has 0 unspecified atom stereocenters. The zero-order chi connectivity index (χ0) is 30.5. The van der Waals surface area contributed by atoms with Gasteiger partial charge in [-0.05, 0) is 85.8 Å². The van der Waals surface area contributed by atoms with Gasteiger partial charge < -0.3 is 20.3 Å². The maximum absolute atomic E-state index is 13.2. The standard InChI is InChI=1S/C35H38N4O4S/c36-34-33(43-24-28-8-4-5-9-29(28)25-44(41,42)32-10-2-1-3-11-32)22-30(23-37-34)26-12-14-27(15-13-26)35(40)39-20-16-31(17-21-39)38-18-6-7-19-38/h1-5,8-15,22-23,31H,6-7,16-21,24-25H2,(H2,36,37). The molecule has 2 aliphatic heterocycles. The highest BCUT2D eigenvalue weighted by molar-refractivity contribution is 7.90. The number of sulfone groups is 1. The molecule has 3 aromatic carbocycles. The Morgan fingerprint density at radius 1 is 0.841 bits per heavy atom. The van der Waals surface area contributed by atoms with E-state index in [0.29, 0.717) is 22.9 Å². The van der Waals surface area contributed by atoms with Crippen LogP contribution in [0, 0.1) is 0 Å². The summed E-state index contributed by atoms with van der Waals surface area (Å²) in [7, 11) is -3.51. The van der Waals surface area contributed by atoms with Crippen LogP contribution in [0.5, 0.6) is 5.75 Å². The fourth-order valence-electron chi connectivity index (χ4n) is 6.17. The van der Waals surface area contributed by atoms with Gasteiger partial charge in [0.05, 0.1) is 10.6 Å². The third-order valence-electron chi connectivity index (χ3n) is 8.71. The van der Waals surface area contributed by atoms with Crippen molar-refractivity contribution in [1.29, 1.82) is 0 Å². The molecule has 0 radical (unpaired) electrons. The number of nitrogens with two attached hydrogens (primary N) is 1. The first-order chi connectivity index (χ1) is 21.4. The Morgan fingerprint density at radius 3 is 2.20 bits per heavy atom. The number of likely N-dealkylation sites (tertiary alicyclic amines) is 2. The minimum absolute atomic E-state index is 0.0730. The maximum atomic E-state index is 13.2. The zero-order valence-electron chi connectivity index (χ0n) is 24.8. The molecule has 228 valence electrons. The quantitative estimate of drug-likeness (QED) is 0.264. The SMILES string of the molecule is Nc1ncc(-c2ccc(C(=O)N3CCC(N4CCCC4)CC3)cc2)cc1OCc1ccccc1CS(=O)(=O)c1ccccc1. The van der Waals surface area contributed by atoms with Crippen molar-refractivity contribution in [3.05, 3.63) is 108 Å². The van der Waals surface area contributed by atoms with Crippen molar-refractivity contribution in [2.45, 2.75) is 49.0 Å². The van der Waals surface area contributed by atoms with Gasteiger partial charge in [-0.25, -0.2) is 13.4 Å². The Morgan fingerprint density at radius 2 is 1.50 bits per heavy atom. The van der Waals surface area contributed by atoms with E-state index in [0.717, 1.165) is 42.6 Å². The molecule has 6 rings (SSSR count). The first-order valence-corrected chi connectivity index (χ1v) is 16.9. The number of carbonyl (C=O) groups excluding carboxylic acids is 1. The minimum atomic E-state index is -3.51. The number of ether oxygens (including phenoxy) is 1. The molecule has 44 heavy (non-hydrogen) atoms. The van der Waals surface area contributed by atoms with E-state index in [1.54, 1.807) is 42.6 Å². The second-order valence-corrected chi connectivity index (χ2v) is 13.6. The highest BCUT2D eigenvalue weighted by atomic mass is 32.2. The van der Waals surface area contributed by atoms with Crippen LogP contribution in [0.3, 0.4) is 0 Å². The smallest absolute Gasteiger partial charge is 0.253 e. The van der Waals surface area contributed by atoms with Crippen molar-refractivity contribution < 1.29 is 17.9 Å². The summed E-state index contributed by atoms with van der Waals surface area (Å²) in [5.74, 6) is 0.589. The van der Waals surface area contributed by atoms with Crippen LogP contribution in [0.15, 0.2) is 96.0 Å². The molecule has 3 heterocycles. The Labute approximate surface area is 259 Å². The van der Waals surface area contributed by atoms with Crippen molar-refractivity contribution in [3.63, 3.8) is 0 Å². The second-order valence-electron chi connectivity index (χ2n) is 11.6. The third-order valence-corrected chi connectivity index (χ3v) is 10.4. The summed E-state index contributed by atoms with van der Waals surface area (Å²) in [6.07, 6.45) is 6.34. The van der Waals surface area contributed by atoms with Gasteiger partial charge in [-0.2, -0.15) is 0 Å². The van der Waals surface area contributed by atoms with Gasteiger partial charge in [0, 0.05) is 36.5 Å². The fraction of sp³-hybridized carbons (Fsp3) is 0.314. The lowest BCUT2D eigenvalue weighted by atomic mass is 10.0. The average Bonchev–Trinajstić information content (AvgIpc) is 3.61. The van der Waals surface area contributed by atoms with Crippen molar-refractivity contribution in [2.75, 3.05) is 31.9 Å². The summed E-state index contributed by atoms with van der Waals surface area (Å²) in [4.78, 5) is 22.4. The molecule has 0 aliphatic carbocycles. The molecule has 9 heteroatoms. The van der Waals surface area contributed by atoms with Crippen LogP contribution in [0.25, 0.3) is 11.1 Å². The molecule has 2 N–H and O–H groups in total. The number of hydrogen-bond acceptors (Lipinski definition) is 7. The maximum Gasteiger partial charge on any atom is 0.253 e. The monoisotopic (exact) mass is 610 g/mol. The molecule has 2 aliphatic rings. The Balaban J connectivity index is 1.10. The average molecular weight is 611 g/mol. The molecule has 0 bridgehead atoms. The van der Waals surface area contributed by atoms with E-state index in [1.807, 2.05) is 53.4 Å². The first kappa shape index (κ1) is 29.8. The van der Waals surface area contributed by atoms with Crippen molar-refractivity contribution >= 4 is 21.6 Å². The molecule has 1 aromatic heterocycles. The van der Waals surface area contributed by atoms with E-state index < -0.39 is 9.84 Å². The molecule has 0 saturated carbocycles. The number of piperidine rings is 1. The molecule has 0 spiro atoms. The number of benzene rings is 3. The highest BCUT2D eigenvalue weighted by Crippen LogP contribution is 2.29. The van der Waals surface area contributed by atoms with Crippen molar-refractivity contribution in [3.8, 4) is 16.9 Å². The van der Waals surface area contributed by atoms with E-state index >= 15 is 0 Å². The molecule has 2 fully saturated rings. The topological polar surface area (TPSA) is 106 Å². The minimum Gasteiger partial charge on any atom is -0.485 e. The number of aromatic nitrogens is 1. The van der Waals surface area contributed by atoms with Crippen LogP contribution in [-0.2, 0) is 22.2 Å². The van der Waals surface area contributed by atoms with Gasteiger partial charge in [-0.1, -0.05) is 54.6 Å². The lowest BCUT2D eigenvalue weighted by molar-refractivity contribution is 0.0644. The van der Waals surface area contributed by atoms with E-state index in [9.17, 15) is 13.2 Å². The number of pyridine rings is 1. The van der Waals surface area contributed by atoms with Crippen LogP contribution in [0.1, 0.15) is 47.2 Å². The molecule has 1 amide bonds. The van der Waals surface area contributed by atoms with Gasteiger partial charge in [0.25, 0.3) is 5.91 Å². The Hall–Kier alpha value is -4.21. The van der Waals surface area contributed by atoms with E-state index in [4.69, 9.17) is 10.5 Å². The summed E-state index contributed by atoms with van der Waals surface area (Å²) in [6.45, 7) is 4.12. The molecule has 4 aromatic rings. The second kappa shape index (κ2) is 13.2. The van der Waals surface area contributed by atoms with Gasteiger partial charge in [0.1, 0.15) is 6.61 Å². The summed E-state index contributed by atoms with van der Waals surface area (Å²) >= 11 is 0. The van der Waals surface area contributed by atoms with Gasteiger partial charge in [-0.3, -0.25) is 4.79 Å². The summed E-state index contributed by atoms with van der Waals surface area (Å²) in [5.41, 5.74) is 9.95. The number of nitrogens with zero attached hydrogens (tertiary/aromatic N) is 3. The fourth-order valence-corrected chi connectivity index (χ4v) is 7.60. The van der Waals surface area contributed by atoms with Crippen LogP contribution >= 0.6 is 0 Å². The van der Waals surface area contributed by atoms with Crippen LogP contribution in [0.2, 0.25) is 0 Å². The lowest BCUT2D eigenvalue weighted by Gasteiger charge is -2.36. The highest BCUT2D eigenvalue weighted by Gasteiger charge is 2.28. The summed E-state index contributed by atoms with van der Waals surface area (Å²) in [5, 5.41) is 0. The molecular formula is C35H38N4O4S. The number of anilines is 1. The van der Waals surface area contributed by atoms with Crippen LogP contribution in [0.4, 0.5) is 5.82 Å². The number of amides is 1. The third kappa shape index (κ3) is 6.79. The Bertz CT molecular complexity index is 1700. The van der Waals surface area contributed by atoms with Gasteiger partial charge in [0.15, 0.2) is 21.4 Å². The number of rotatable bonds is 9. The van der Waals surface area contributed by atoms with E-state index in [-0.39, 0.29) is 29.0 Å².